The molecule has 1 aromatic heterocycles. The molecular formula is C15H16ClNO2S2. The molecule has 0 saturated heterocycles. The van der Waals surface area contributed by atoms with Gasteiger partial charge in [-0.3, -0.25) is 0 Å². The molecule has 0 bridgehead atoms. The Kier molecular flexibility index (Phi) is 4.36. The van der Waals surface area contributed by atoms with E-state index in [9.17, 15) is 8.42 Å². The zero-order valence-corrected chi connectivity index (χ0v) is 13.8. The SMILES string of the molecule is O=S(=O)(c1ccsc1CCl)N1CCCc2ccccc2C1. The Balaban J connectivity index is 1.97. The summed E-state index contributed by atoms with van der Waals surface area (Å²) in [4.78, 5) is 1.08. The predicted molar refractivity (Wildman–Crippen MR) is 86.2 cm³/mol. The summed E-state index contributed by atoms with van der Waals surface area (Å²) in [5.41, 5.74) is 2.35. The van der Waals surface area contributed by atoms with Gasteiger partial charge in [-0.2, -0.15) is 4.31 Å². The van der Waals surface area contributed by atoms with Crippen LogP contribution in [-0.4, -0.2) is 19.3 Å². The molecular weight excluding hydrogens is 326 g/mol. The topological polar surface area (TPSA) is 37.4 Å². The van der Waals surface area contributed by atoms with Gasteiger partial charge in [0, 0.05) is 18.0 Å². The summed E-state index contributed by atoms with van der Waals surface area (Å²) in [7, 11) is -3.47. The quantitative estimate of drug-likeness (QED) is 0.799. The van der Waals surface area contributed by atoms with E-state index in [1.165, 1.54) is 16.9 Å². The fraction of sp³-hybridized carbons (Fsp3) is 0.333. The highest BCUT2D eigenvalue weighted by Crippen LogP contribution is 2.29. The number of rotatable bonds is 3. The van der Waals surface area contributed by atoms with Crippen LogP contribution in [0.5, 0.6) is 0 Å². The summed E-state index contributed by atoms with van der Waals surface area (Å²) in [6.45, 7) is 0.991. The summed E-state index contributed by atoms with van der Waals surface area (Å²) < 4.78 is 27.3. The number of thiophene rings is 1. The van der Waals surface area contributed by atoms with Crippen molar-refractivity contribution in [3.8, 4) is 0 Å². The number of aryl methyl sites for hydroxylation is 1. The number of hydrogen-bond donors (Lipinski definition) is 0. The van der Waals surface area contributed by atoms with Crippen molar-refractivity contribution in [1.29, 1.82) is 0 Å². The standard InChI is InChI=1S/C15H16ClNO2S2/c16-10-14-15(7-9-20-14)21(18,19)17-8-3-6-12-4-1-2-5-13(12)11-17/h1-2,4-5,7,9H,3,6,8,10-11H2. The molecule has 0 N–H and O–H groups in total. The van der Waals surface area contributed by atoms with Gasteiger partial charge in [0.05, 0.1) is 10.8 Å². The van der Waals surface area contributed by atoms with E-state index in [-0.39, 0.29) is 5.88 Å². The monoisotopic (exact) mass is 341 g/mol. The highest BCUT2D eigenvalue weighted by atomic mass is 35.5. The molecule has 3 rings (SSSR count). The Morgan fingerprint density at radius 1 is 1.19 bits per heavy atom. The third-order valence-corrected chi connectivity index (χ3v) is 7.17. The summed E-state index contributed by atoms with van der Waals surface area (Å²) in [6, 6.07) is 9.73. The molecule has 21 heavy (non-hydrogen) atoms. The maximum atomic E-state index is 12.9. The number of halogens is 1. The largest absolute Gasteiger partial charge is 0.244 e. The minimum Gasteiger partial charge on any atom is -0.207 e. The van der Waals surface area contributed by atoms with E-state index < -0.39 is 10.0 Å². The second-order valence-corrected chi connectivity index (χ2v) is 8.23. The van der Waals surface area contributed by atoms with Crippen molar-refractivity contribution < 1.29 is 8.42 Å². The lowest BCUT2D eigenvalue weighted by Gasteiger charge is -2.20. The molecule has 2 aromatic rings. The van der Waals surface area contributed by atoms with Crippen LogP contribution in [-0.2, 0) is 28.9 Å². The minimum atomic E-state index is -3.47. The molecule has 0 fully saturated rings. The Morgan fingerprint density at radius 2 is 1.95 bits per heavy atom. The molecule has 6 heteroatoms. The third kappa shape index (κ3) is 2.88. The lowest BCUT2D eigenvalue weighted by atomic mass is 10.0. The molecule has 1 aliphatic heterocycles. The second-order valence-electron chi connectivity index (χ2n) is 5.05. The molecule has 0 aliphatic carbocycles. The van der Waals surface area contributed by atoms with Gasteiger partial charge in [-0.15, -0.1) is 22.9 Å². The van der Waals surface area contributed by atoms with Crippen molar-refractivity contribution in [2.24, 2.45) is 0 Å². The first-order valence-electron chi connectivity index (χ1n) is 6.82. The van der Waals surface area contributed by atoms with Crippen LogP contribution >= 0.6 is 22.9 Å². The summed E-state index contributed by atoms with van der Waals surface area (Å²) >= 11 is 7.25. The van der Waals surface area contributed by atoms with Crippen molar-refractivity contribution in [1.82, 2.24) is 4.31 Å². The van der Waals surface area contributed by atoms with Crippen LogP contribution in [0.15, 0.2) is 40.6 Å². The van der Waals surface area contributed by atoms with E-state index in [0.29, 0.717) is 22.9 Å². The molecule has 1 aromatic carbocycles. The minimum absolute atomic E-state index is 0.233. The van der Waals surface area contributed by atoms with Crippen LogP contribution in [0, 0.1) is 0 Å². The molecule has 1 aliphatic rings. The molecule has 0 unspecified atom stereocenters. The van der Waals surface area contributed by atoms with Gasteiger partial charge in [-0.1, -0.05) is 24.3 Å². The van der Waals surface area contributed by atoms with Crippen LogP contribution in [0.3, 0.4) is 0 Å². The number of fused-ring (bicyclic) bond motifs is 1. The van der Waals surface area contributed by atoms with E-state index >= 15 is 0 Å². The summed E-state index contributed by atoms with van der Waals surface area (Å²) in [6.07, 6.45) is 1.77. The predicted octanol–water partition coefficient (Wildman–Crippen LogP) is 3.62. The molecule has 2 heterocycles. The second kappa shape index (κ2) is 6.08. The van der Waals surface area contributed by atoms with Gasteiger partial charge in [0.15, 0.2) is 0 Å². The normalized spacial score (nSPS) is 16.4. The van der Waals surface area contributed by atoms with E-state index in [1.54, 1.807) is 15.8 Å². The third-order valence-electron chi connectivity index (χ3n) is 3.76. The molecule has 0 amide bonds. The Morgan fingerprint density at radius 3 is 2.71 bits per heavy atom. The number of benzene rings is 1. The summed E-state index contributed by atoms with van der Waals surface area (Å²) in [5, 5.41) is 1.79. The Bertz CT molecular complexity index is 740. The number of alkyl halides is 1. The van der Waals surface area contributed by atoms with Gasteiger partial charge in [-0.25, -0.2) is 8.42 Å². The van der Waals surface area contributed by atoms with Gasteiger partial charge >= 0.3 is 0 Å². The molecule has 0 spiro atoms. The number of hydrogen-bond acceptors (Lipinski definition) is 3. The van der Waals surface area contributed by atoms with E-state index in [4.69, 9.17) is 11.6 Å². The average molecular weight is 342 g/mol. The average Bonchev–Trinajstić information content (AvgIpc) is 2.86. The molecule has 0 saturated carbocycles. The van der Waals surface area contributed by atoms with Crippen molar-refractivity contribution in [3.05, 3.63) is 51.7 Å². The van der Waals surface area contributed by atoms with Crippen LogP contribution in [0.25, 0.3) is 0 Å². The Hall–Kier alpha value is -0.880. The van der Waals surface area contributed by atoms with Crippen molar-refractivity contribution in [3.63, 3.8) is 0 Å². The van der Waals surface area contributed by atoms with E-state index in [2.05, 4.69) is 6.07 Å². The van der Waals surface area contributed by atoms with E-state index in [1.807, 2.05) is 18.2 Å². The first kappa shape index (κ1) is 15.0. The van der Waals surface area contributed by atoms with Crippen molar-refractivity contribution in [2.45, 2.75) is 30.2 Å². The smallest absolute Gasteiger partial charge is 0.207 e. The van der Waals surface area contributed by atoms with Gasteiger partial charge in [0.1, 0.15) is 0 Å². The maximum absolute atomic E-state index is 12.9. The first-order chi connectivity index (χ1) is 10.1. The Labute approximate surface area is 134 Å². The van der Waals surface area contributed by atoms with Gasteiger partial charge in [0.2, 0.25) is 10.0 Å². The summed E-state index contributed by atoms with van der Waals surface area (Å²) in [5.74, 6) is 0.233. The zero-order valence-electron chi connectivity index (χ0n) is 11.5. The fourth-order valence-corrected chi connectivity index (χ4v) is 5.80. The lowest BCUT2D eigenvalue weighted by molar-refractivity contribution is 0.410. The molecule has 112 valence electrons. The van der Waals surface area contributed by atoms with Crippen LogP contribution in [0.4, 0.5) is 0 Å². The van der Waals surface area contributed by atoms with E-state index in [0.717, 1.165) is 18.4 Å². The van der Waals surface area contributed by atoms with Crippen LogP contribution in [0.1, 0.15) is 22.4 Å². The van der Waals surface area contributed by atoms with Crippen LogP contribution < -0.4 is 0 Å². The number of nitrogens with zero attached hydrogens (tertiary/aromatic N) is 1. The molecule has 0 atom stereocenters. The maximum Gasteiger partial charge on any atom is 0.244 e. The highest BCUT2D eigenvalue weighted by molar-refractivity contribution is 7.89. The fourth-order valence-electron chi connectivity index (χ4n) is 2.67. The highest BCUT2D eigenvalue weighted by Gasteiger charge is 2.29. The molecule has 0 radical (unpaired) electrons. The number of sulfonamides is 1. The first-order valence-corrected chi connectivity index (χ1v) is 9.67. The lowest BCUT2D eigenvalue weighted by Crippen LogP contribution is -2.31. The van der Waals surface area contributed by atoms with Gasteiger partial charge in [-0.05, 0) is 35.4 Å². The van der Waals surface area contributed by atoms with Gasteiger partial charge in [0.25, 0.3) is 0 Å². The molecule has 3 nitrogen and oxygen atoms in total. The van der Waals surface area contributed by atoms with Gasteiger partial charge < -0.3 is 0 Å². The zero-order chi connectivity index (χ0) is 14.9. The van der Waals surface area contributed by atoms with Crippen LogP contribution in [0.2, 0.25) is 0 Å². The van der Waals surface area contributed by atoms with Crippen molar-refractivity contribution in [2.75, 3.05) is 6.54 Å². The van der Waals surface area contributed by atoms with Crippen molar-refractivity contribution >= 4 is 33.0 Å².